The lowest BCUT2D eigenvalue weighted by molar-refractivity contribution is -0.137. The quantitative estimate of drug-likeness (QED) is 0.841. The fourth-order valence-corrected chi connectivity index (χ4v) is 3.53. The van der Waals surface area contributed by atoms with Crippen LogP contribution in [0.5, 0.6) is 0 Å². The van der Waals surface area contributed by atoms with Crippen molar-refractivity contribution in [3.63, 3.8) is 0 Å². The van der Waals surface area contributed by atoms with Gasteiger partial charge in [-0.1, -0.05) is 6.07 Å². The van der Waals surface area contributed by atoms with E-state index in [0.29, 0.717) is 13.1 Å². The first-order chi connectivity index (χ1) is 13.2. The van der Waals surface area contributed by atoms with Gasteiger partial charge in [-0.2, -0.15) is 13.2 Å². The first-order valence-electron chi connectivity index (χ1n) is 8.66. The molecular formula is C18H19F3N4O2S. The average molecular weight is 412 g/mol. The molecule has 1 aromatic heterocycles. The molecule has 150 valence electrons. The molecule has 0 aliphatic carbocycles. The number of rotatable bonds is 3. The summed E-state index contributed by atoms with van der Waals surface area (Å²) in [5.74, 6) is -0.929. The van der Waals surface area contributed by atoms with Gasteiger partial charge in [0.25, 0.3) is 11.8 Å². The third kappa shape index (κ3) is 4.87. The Balaban J connectivity index is 1.67. The summed E-state index contributed by atoms with van der Waals surface area (Å²) in [5, 5.41) is 4.16. The van der Waals surface area contributed by atoms with Gasteiger partial charge in [0.05, 0.1) is 5.56 Å². The minimum atomic E-state index is -4.53. The monoisotopic (exact) mass is 412 g/mol. The summed E-state index contributed by atoms with van der Waals surface area (Å²) in [7, 11) is 2.00. The number of amides is 2. The maximum absolute atomic E-state index is 12.8. The molecule has 6 nitrogen and oxygen atoms in total. The van der Waals surface area contributed by atoms with Gasteiger partial charge < -0.3 is 9.80 Å². The number of anilines is 1. The Hall–Kier alpha value is -2.46. The van der Waals surface area contributed by atoms with Gasteiger partial charge in [0.15, 0.2) is 5.13 Å². The number of hydrogen-bond acceptors (Lipinski definition) is 5. The fourth-order valence-electron chi connectivity index (χ4n) is 2.85. The Labute approximate surface area is 164 Å². The number of nitrogens with one attached hydrogen (secondary N) is 1. The minimum Gasteiger partial charge on any atom is -0.336 e. The smallest absolute Gasteiger partial charge is 0.336 e. The first kappa shape index (κ1) is 20.3. The van der Waals surface area contributed by atoms with Crippen molar-refractivity contribution in [3.8, 4) is 0 Å². The predicted molar refractivity (Wildman–Crippen MR) is 99.5 cm³/mol. The summed E-state index contributed by atoms with van der Waals surface area (Å²) in [4.78, 5) is 32.8. The number of thiazole rings is 1. The number of hydrogen-bond donors (Lipinski definition) is 1. The van der Waals surface area contributed by atoms with Gasteiger partial charge in [-0.25, -0.2) is 4.98 Å². The fraction of sp³-hybridized carbons (Fsp3) is 0.389. The number of nitrogens with zero attached hydrogens (tertiary/aromatic N) is 3. The molecule has 28 heavy (non-hydrogen) atoms. The molecule has 0 bridgehead atoms. The van der Waals surface area contributed by atoms with Crippen LogP contribution < -0.4 is 5.32 Å². The van der Waals surface area contributed by atoms with E-state index in [9.17, 15) is 22.8 Å². The highest BCUT2D eigenvalue weighted by Gasteiger charge is 2.31. The molecule has 0 radical (unpaired) electrons. The van der Waals surface area contributed by atoms with E-state index in [1.165, 1.54) is 12.1 Å². The van der Waals surface area contributed by atoms with Gasteiger partial charge in [0.2, 0.25) is 0 Å². The summed E-state index contributed by atoms with van der Waals surface area (Å²) in [6.07, 6.45) is -3.66. The molecular weight excluding hydrogens is 393 g/mol. The van der Waals surface area contributed by atoms with Gasteiger partial charge in [-0.15, -0.1) is 11.3 Å². The second-order valence-electron chi connectivity index (χ2n) is 6.52. The highest BCUT2D eigenvalue weighted by atomic mass is 32.1. The largest absolute Gasteiger partial charge is 0.416 e. The Kier molecular flexibility index (Phi) is 5.99. The second-order valence-corrected chi connectivity index (χ2v) is 7.38. The summed E-state index contributed by atoms with van der Waals surface area (Å²) < 4.78 is 38.4. The average Bonchev–Trinajstić information content (AvgIpc) is 3.00. The van der Waals surface area contributed by atoms with Gasteiger partial charge in [-0.3, -0.25) is 14.9 Å². The van der Waals surface area contributed by atoms with Crippen LogP contribution in [-0.2, 0) is 6.18 Å². The lowest BCUT2D eigenvalue weighted by atomic mass is 10.1. The van der Waals surface area contributed by atoms with Crippen LogP contribution in [0.15, 0.2) is 29.6 Å². The van der Waals surface area contributed by atoms with Crippen molar-refractivity contribution < 1.29 is 22.8 Å². The summed E-state index contributed by atoms with van der Waals surface area (Å²) in [6, 6.07) is 4.14. The van der Waals surface area contributed by atoms with E-state index >= 15 is 0 Å². The van der Waals surface area contributed by atoms with Gasteiger partial charge >= 0.3 is 6.18 Å². The van der Waals surface area contributed by atoms with Crippen molar-refractivity contribution in [2.75, 3.05) is 38.5 Å². The summed E-state index contributed by atoms with van der Waals surface area (Å²) in [5.41, 5.74) is -0.816. The highest BCUT2D eigenvalue weighted by Crippen LogP contribution is 2.29. The number of benzene rings is 1. The number of carbonyl (C=O) groups excluding carboxylic acids is 2. The molecule has 10 heteroatoms. The minimum absolute atomic E-state index is 0.131. The molecule has 1 aliphatic heterocycles. The molecule has 1 saturated heterocycles. The standard InChI is InChI=1S/C18H19F3N4O2S/c1-24-6-3-7-25(9-8-24)16(27)14-11-28-17(22-14)23-15(26)12-4-2-5-13(10-12)18(19,20)21/h2,4-5,10-11H,3,6-9H2,1H3,(H,22,23,26). The summed E-state index contributed by atoms with van der Waals surface area (Å²) in [6.45, 7) is 2.92. The third-order valence-corrected chi connectivity index (χ3v) is 5.16. The van der Waals surface area contributed by atoms with Crippen molar-refractivity contribution in [1.29, 1.82) is 0 Å². The van der Waals surface area contributed by atoms with E-state index < -0.39 is 17.6 Å². The van der Waals surface area contributed by atoms with Crippen molar-refractivity contribution in [2.24, 2.45) is 0 Å². The zero-order valence-electron chi connectivity index (χ0n) is 15.1. The number of likely N-dealkylation sites (N-methyl/N-ethyl adjacent to an activating group) is 1. The lowest BCUT2D eigenvalue weighted by Gasteiger charge is -2.19. The van der Waals surface area contributed by atoms with E-state index in [4.69, 9.17) is 0 Å². The molecule has 3 rings (SSSR count). The Bertz CT molecular complexity index is 869. The molecule has 2 aromatic rings. The molecule has 0 unspecified atom stereocenters. The van der Waals surface area contributed by atoms with Crippen molar-refractivity contribution in [1.82, 2.24) is 14.8 Å². The Morgan fingerprint density at radius 3 is 2.71 bits per heavy atom. The zero-order valence-corrected chi connectivity index (χ0v) is 15.9. The van der Waals surface area contributed by atoms with E-state index in [2.05, 4.69) is 15.2 Å². The van der Waals surface area contributed by atoms with Crippen LogP contribution in [0, 0.1) is 0 Å². The maximum atomic E-state index is 12.8. The molecule has 0 atom stereocenters. The van der Waals surface area contributed by atoms with Crippen LogP contribution in [0.1, 0.15) is 32.8 Å². The van der Waals surface area contributed by atoms with Gasteiger partial charge in [0, 0.05) is 30.6 Å². The SMILES string of the molecule is CN1CCCN(C(=O)c2csc(NC(=O)c3cccc(C(F)(F)F)c3)n2)CC1. The first-order valence-corrected chi connectivity index (χ1v) is 9.54. The van der Waals surface area contributed by atoms with Crippen LogP contribution >= 0.6 is 11.3 Å². The Morgan fingerprint density at radius 2 is 1.96 bits per heavy atom. The molecule has 1 aromatic carbocycles. The number of halogens is 3. The van der Waals surface area contributed by atoms with Gasteiger partial charge in [-0.05, 0) is 38.2 Å². The van der Waals surface area contributed by atoms with Gasteiger partial charge in [0.1, 0.15) is 5.69 Å². The molecule has 1 fully saturated rings. The highest BCUT2D eigenvalue weighted by molar-refractivity contribution is 7.14. The van der Waals surface area contributed by atoms with Crippen LogP contribution in [0.2, 0.25) is 0 Å². The molecule has 0 spiro atoms. The van der Waals surface area contributed by atoms with Crippen molar-refractivity contribution in [3.05, 3.63) is 46.5 Å². The molecule has 2 heterocycles. The maximum Gasteiger partial charge on any atom is 0.416 e. The molecule has 2 amide bonds. The Morgan fingerprint density at radius 1 is 1.18 bits per heavy atom. The number of carbonyl (C=O) groups is 2. The number of aromatic nitrogens is 1. The lowest BCUT2D eigenvalue weighted by Crippen LogP contribution is -2.34. The predicted octanol–water partition coefficient (Wildman–Crippen LogP) is 3.19. The van der Waals surface area contributed by atoms with Crippen LogP contribution in [0.3, 0.4) is 0 Å². The van der Waals surface area contributed by atoms with Crippen molar-refractivity contribution in [2.45, 2.75) is 12.6 Å². The topological polar surface area (TPSA) is 65.5 Å². The second kappa shape index (κ2) is 8.27. The van der Waals surface area contributed by atoms with E-state index in [1.54, 1.807) is 10.3 Å². The molecule has 1 aliphatic rings. The number of alkyl halides is 3. The van der Waals surface area contributed by atoms with Crippen LogP contribution in [0.25, 0.3) is 0 Å². The van der Waals surface area contributed by atoms with Crippen molar-refractivity contribution >= 4 is 28.3 Å². The van der Waals surface area contributed by atoms with E-state index in [1.807, 2.05) is 7.05 Å². The molecule has 1 N–H and O–H groups in total. The summed E-state index contributed by atoms with van der Waals surface area (Å²) >= 11 is 1.06. The van der Waals surface area contributed by atoms with Crippen LogP contribution in [0.4, 0.5) is 18.3 Å². The zero-order chi connectivity index (χ0) is 20.3. The normalized spacial score (nSPS) is 15.9. The molecule has 0 saturated carbocycles. The van der Waals surface area contributed by atoms with Crippen LogP contribution in [-0.4, -0.2) is 59.8 Å². The van der Waals surface area contributed by atoms with E-state index in [-0.39, 0.29) is 22.3 Å². The third-order valence-electron chi connectivity index (χ3n) is 4.40. The van der Waals surface area contributed by atoms with E-state index in [0.717, 1.165) is 43.0 Å².